The zero-order chi connectivity index (χ0) is 38.0. The summed E-state index contributed by atoms with van der Waals surface area (Å²) in [6.45, 7) is 6.58. The van der Waals surface area contributed by atoms with Gasteiger partial charge in [0.1, 0.15) is 13.2 Å². The van der Waals surface area contributed by atoms with Crippen molar-refractivity contribution in [2.24, 2.45) is 16.0 Å². The number of Topliss-reactive ketones (excluding diaryl/α,β-unsaturated/α-hetero) is 1. The van der Waals surface area contributed by atoms with Crippen LogP contribution in [0.25, 0.3) is 20.9 Å². The third-order valence-electron chi connectivity index (χ3n) is 6.44. The number of hydrogen-bond acceptors (Lipinski definition) is 15. The van der Waals surface area contributed by atoms with Gasteiger partial charge in [-0.3, -0.25) is 14.4 Å². The first-order valence-corrected chi connectivity index (χ1v) is 17.5. The molecule has 0 saturated heterocycles. The molecule has 4 N–H and O–H groups in total. The number of carbonyl (C=O) groups excluding carboxylic acids is 3. The molecule has 0 aliphatic carbocycles. The molecule has 2 amide bonds. The molecule has 0 rings (SSSR count). The van der Waals surface area contributed by atoms with Gasteiger partial charge in [-0.05, 0) is 36.7 Å². The topological polar surface area (TPSA) is 282 Å². The van der Waals surface area contributed by atoms with Gasteiger partial charge in [0, 0.05) is 49.0 Å². The predicted molar refractivity (Wildman–Crippen MR) is 187 cm³/mol. The third-order valence-corrected chi connectivity index (χ3v) is 6.44. The van der Waals surface area contributed by atoms with E-state index in [0.29, 0.717) is 131 Å². The molecule has 0 bridgehead atoms. The predicted octanol–water partition coefficient (Wildman–Crippen LogP) is 0.836. The zero-order valence-electron chi connectivity index (χ0n) is 30.3. The van der Waals surface area contributed by atoms with Gasteiger partial charge < -0.3 is 59.0 Å². The van der Waals surface area contributed by atoms with E-state index in [1.807, 2.05) is 0 Å². The SMILES string of the molecule is [N-]=[N+]=NCCOCCOCCOCCCC(=O)[C@H](CCCCNC(=O)COCCOCCOCCN=[N+]=[N-])NC(=O)COCCOCCOCCN. The Balaban J connectivity index is 4.30. The summed E-state index contributed by atoms with van der Waals surface area (Å²) >= 11 is 0. The van der Waals surface area contributed by atoms with Gasteiger partial charge in [-0.15, -0.1) is 0 Å². The Morgan fingerprint density at radius 1 is 0.558 bits per heavy atom. The highest BCUT2D eigenvalue weighted by atomic mass is 16.6. The number of nitrogens with two attached hydrogens (primary N) is 1. The van der Waals surface area contributed by atoms with Crippen LogP contribution in [0.5, 0.6) is 0 Å². The Morgan fingerprint density at radius 2 is 1.00 bits per heavy atom. The normalized spacial score (nSPS) is 11.4. The molecule has 300 valence electrons. The molecule has 0 aromatic rings. The first-order valence-electron chi connectivity index (χ1n) is 17.5. The number of ketones is 1. The van der Waals surface area contributed by atoms with Crippen LogP contribution in [0.2, 0.25) is 0 Å². The second-order valence-corrected chi connectivity index (χ2v) is 10.6. The molecule has 52 heavy (non-hydrogen) atoms. The van der Waals surface area contributed by atoms with Crippen LogP contribution in [-0.2, 0) is 57.0 Å². The second kappa shape index (κ2) is 40.6. The number of unbranched alkanes of at least 4 members (excludes halogenated alkanes) is 1. The Morgan fingerprint density at radius 3 is 1.50 bits per heavy atom. The van der Waals surface area contributed by atoms with Crippen molar-refractivity contribution in [2.45, 2.75) is 38.1 Å². The van der Waals surface area contributed by atoms with E-state index in [9.17, 15) is 14.4 Å². The maximum absolute atomic E-state index is 13.0. The maximum Gasteiger partial charge on any atom is 0.246 e. The highest BCUT2D eigenvalue weighted by Crippen LogP contribution is 2.07. The lowest BCUT2D eigenvalue weighted by Gasteiger charge is -2.18. The fraction of sp³-hybridized carbons (Fsp3) is 0.903. The molecular formula is C31H59N9O12. The molecule has 0 aromatic heterocycles. The lowest BCUT2D eigenvalue weighted by molar-refractivity contribution is -0.131. The molecule has 0 fully saturated rings. The zero-order valence-corrected chi connectivity index (χ0v) is 30.3. The van der Waals surface area contributed by atoms with Crippen LogP contribution in [0.1, 0.15) is 32.1 Å². The fourth-order valence-electron chi connectivity index (χ4n) is 3.96. The Labute approximate surface area is 305 Å². The van der Waals surface area contributed by atoms with E-state index in [2.05, 4.69) is 30.7 Å². The molecule has 0 aliphatic rings. The number of rotatable bonds is 41. The summed E-state index contributed by atoms with van der Waals surface area (Å²) in [5, 5.41) is 12.3. The summed E-state index contributed by atoms with van der Waals surface area (Å²) in [5.74, 6) is -0.800. The molecule has 0 saturated carbocycles. The van der Waals surface area contributed by atoms with E-state index >= 15 is 0 Å². The number of azide groups is 2. The summed E-state index contributed by atoms with van der Waals surface area (Å²) in [5.41, 5.74) is 21.8. The standard InChI is InChI=1S/C31H59N9O12/c32-6-11-45-15-19-49-23-25-52-27-31(43)38-28(29(41)5-3-10-44-14-18-48-20-16-46-12-8-36-39-33)4-1-2-7-35-30(42)26-51-24-22-50-21-17-47-13-9-37-40-34/h28H,1-27,32H2,(H,35,42)(H,38,43)/t28-/m0/s1. The quantitative estimate of drug-likeness (QED) is 0.0338. The van der Waals surface area contributed by atoms with E-state index in [1.165, 1.54) is 0 Å². The summed E-state index contributed by atoms with van der Waals surface area (Å²) in [4.78, 5) is 42.9. The van der Waals surface area contributed by atoms with E-state index in [-0.39, 0.29) is 57.6 Å². The van der Waals surface area contributed by atoms with Crippen molar-refractivity contribution in [3.05, 3.63) is 20.9 Å². The number of ether oxygens (including phenoxy) is 9. The molecular weight excluding hydrogens is 690 g/mol. The molecule has 21 nitrogen and oxygen atoms in total. The van der Waals surface area contributed by atoms with Gasteiger partial charge in [0.2, 0.25) is 11.8 Å². The molecule has 0 aliphatic heterocycles. The van der Waals surface area contributed by atoms with Crippen LogP contribution in [0, 0.1) is 0 Å². The Kier molecular flexibility index (Phi) is 38.1. The van der Waals surface area contributed by atoms with Gasteiger partial charge in [-0.2, -0.15) is 0 Å². The minimum absolute atomic E-state index is 0.112. The van der Waals surface area contributed by atoms with Crippen molar-refractivity contribution in [3.63, 3.8) is 0 Å². The summed E-state index contributed by atoms with van der Waals surface area (Å²) in [6.07, 6.45) is 2.27. The van der Waals surface area contributed by atoms with Crippen LogP contribution in [-0.4, -0.2) is 169 Å². The Hall–Kier alpha value is -3.17. The number of hydrogen-bond donors (Lipinski definition) is 3. The largest absolute Gasteiger partial charge is 0.379 e. The molecule has 0 spiro atoms. The van der Waals surface area contributed by atoms with Gasteiger partial charge in [0.25, 0.3) is 0 Å². The molecule has 1 atom stereocenters. The average molecular weight is 750 g/mol. The highest BCUT2D eigenvalue weighted by molar-refractivity contribution is 5.89. The highest BCUT2D eigenvalue weighted by Gasteiger charge is 2.20. The fourth-order valence-corrected chi connectivity index (χ4v) is 3.96. The molecule has 0 aromatic carbocycles. The van der Waals surface area contributed by atoms with Crippen LogP contribution >= 0.6 is 0 Å². The van der Waals surface area contributed by atoms with Crippen molar-refractivity contribution in [1.82, 2.24) is 10.6 Å². The van der Waals surface area contributed by atoms with E-state index in [0.717, 1.165) is 0 Å². The van der Waals surface area contributed by atoms with Gasteiger partial charge in [-0.25, -0.2) is 0 Å². The van der Waals surface area contributed by atoms with Crippen molar-refractivity contribution < 1.29 is 57.0 Å². The average Bonchev–Trinajstić information content (AvgIpc) is 3.14. The molecule has 0 heterocycles. The van der Waals surface area contributed by atoms with E-state index in [4.69, 9.17) is 59.4 Å². The van der Waals surface area contributed by atoms with Crippen LogP contribution in [0.4, 0.5) is 0 Å². The van der Waals surface area contributed by atoms with Crippen LogP contribution in [0.15, 0.2) is 10.2 Å². The number of nitrogens with zero attached hydrogens (tertiary/aromatic N) is 6. The van der Waals surface area contributed by atoms with E-state index in [1.54, 1.807) is 0 Å². The van der Waals surface area contributed by atoms with Crippen molar-refractivity contribution in [1.29, 1.82) is 0 Å². The summed E-state index contributed by atoms with van der Waals surface area (Å²) < 4.78 is 48.0. The van der Waals surface area contributed by atoms with Gasteiger partial charge in [0.15, 0.2) is 5.78 Å². The number of amides is 2. The van der Waals surface area contributed by atoms with Crippen LogP contribution in [0.3, 0.4) is 0 Å². The monoisotopic (exact) mass is 749 g/mol. The Bertz CT molecular complexity index is 974. The van der Waals surface area contributed by atoms with Crippen molar-refractivity contribution >= 4 is 17.6 Å². The first-order chi connectivity index (χ1) is 25.5. The minimum Gasteiger partial charge on any atom is -0.379 e. The second-order valence-electron chi connectivity index (χ2n) is 10.6. The van der Waals surface area contributed by atoms with Gasteiger partial charge >= 0.3 is 0 Å². The van der Waals surface area contributed by atoms with Gasteiger partial charge in [0.05, 0.1) is 105 Å². The number of nitrogens with one attached hydrogen (secondary N) is 2. The van der Waals surface area contributed by atoms with Crippen LogP contribution < -0.4 is 16.4 Å². The third kappa shape index (κ3) is 36.6. The van der Waals surface area contributed by atoms with E-state index < -0.39 is 11.9 Å². The number of carbonyl (C=O) groups is 3. The molecule has 0 unspecified atom stereocenters. The van der Waals surface area contributed by atoms with Crippen molar-refractivity contribution in [3.8, 4) is 0 Å². The summed E-state index contributed by atoms with van der Waals surface area (Å²) in [7, 11) is 0. The molecule has 0 radical (unpaired) electrons. The summed E-state index contributed by atoms with van der Waals surface area (Å²) in [6, 6.07) is -0.704. The minimum atomic E-state index is -0.704. The smallest absolute Gasteiger partial charge is 0.246 e. The first kappa shape index (κ1) is 48.8. The van der Waals surface area contributed by atoms with Gasteiger partial charge in [-0.1, -0.05) is 10.2 Å². The van der Waals surface area contributed by atoms with Crippen molar-refractivity contribution in [2.75, 3.05) is 145 Å². The molecule has 21 heteroatoms. The lowest BCUT2D eigenvalue weighted by Crippen LogP contribution is -2.42. The maximum atomic E-state index is 13.0. The lowest BCUT2D eigenvalue weighted by atomic mass is 10.0.